The second kappa shape index (κ2) is 5.09. The predicted octanol–water partition coefficient (Wildman–Crippen LogP) is 5.30. The van der Waals surface area contributed by atoms with E-state index in [2.05, 4.69) is 40.6 Å². The Morgan fingerprint density at radius 2 is 1.65 bits per heavy atom. The Bertz CT molecular complexity index is 835. The molecule has 2 aromatic carbocycles. The Kier molecular flexibility index (Phi) is 3.55. The summed E-state index contributed by atoms with van der Waals surface area (Å²) in [5, 5.41) is 0. The molecule has 0 spiro atoms. The lowest BCUT2D eigenvalue weighted by Crippen LogP contribution is -1.95. The van der Waals surface area contributed by atoms with Gasteiger partial charge in [0.15, 0.2) is 11.6 Å². The first-order chi connectivity index (χ1) is 9.50. The molecular formula is C12H3Br2F3N2S. The van der Waals surface area contributed by atoms with Crippen molar-refractivity contribution in [3.8, 4) is 11.1 Å². The van der Waals surface area contributed by atoms with Gasteiger partial charge >= 0.3 is 0 Å². The van der Waals surface area contributed by atoms with E-state index in [0.29, 0.717) is 0 Å². The molecule has 0 aliphatic rings. The number of halogens is 5. The third kappa shape index (κ3) is 2.06. The zero-order valence-corrected chi connectivity index (χ0v) is 13.4. The molecule has 8 heteroatoms. The Hall–Kier alpha value is -0.990. The first-order valence-corrected chi connectivity index (χ1v) is 7.56. The van der Waals surface area contributed by atoms with E-state index < -0.39 is 17.5 Å². The van der Waals surface area contributed by atoms with Crippen molar-refractivity contribution in [1.29, 1.82) is 0 Å². The number of hydrogen-bond acceptors (Lipinski definition) is 3. The molecule has 1 aromatic heterocycles. The minimum Gasteiger partial charge on any atom is -0.206 e. The maximum absolute atomic E-state index is 14.2. The molecule has 0 fully saturated rings. The molecule has 0 saturated heterocycles. The van der Waals surface area contributed by atoms with Crippen molar-refractivity contribution in [3.63, 3.8) is 0 Å². The second-order valence-electron chi connectivity index (χ2n) is 3.91. The van der Waals surface area contributed by atoms with E-state index in [4.69, 9.17) is 0 Å². The molecule has 0 N–H and O–H groups in total. The SMILES string of the molecule is Fc1cc(-c2c(F)c(F)c(Br)c3nsnc23)ccc1Br. The van der Waals surface area contributed by atoms with Gasteiger partial charge in [-0.25, -0.2) is 13.2 Å². The zero-order chi connectivity index (χ0) is 14.4. The summed E-state index contributed by atoms with van der Waals surface area (Å²) in [5.41, 5.74) is 0.517. The van der Waals surface area contributed by atoms with Crippen molar-refractivity contribution in [1.82, 2.24) is 8.75 Å². The van der Waals surface area contributed by atoms with Crippen LogP contribution in [0.3, 0.4) is 0 Å². The molecule has 102 valence electrons. The van der Waals surface area contributed by atoms with Crippen molar-refractivity contribution in [2.45, 2.75) is 0 Å². The standard InChI is InChI=1S/C12H3Br2F3N2S/c13-5-2-1-4(3-6(5)15)7-9(16)10(17)8(14)12-11(7)18-20-19-12/h1-3H. The van der Waals surface area contributed by atoms with E-state index in [1.165, 1.54) is 12.1 Å². The highest BCUT2D eigenvalue weighted by Crippen LogP contribution is 2.37. The molecule has 0 aliphatic carbocycles. The lowest BCUT2D eigenvalue weighted by molar-refractivity contribution is 0.509. The molecule has 0 saturated carbocycles. The molecule has 0 atom stereocenters. The summed E-state index contributed by atoms with van der Waals surface area (Å²) in [5.74, 6) is -2.72. The van der Waals surface area contributed by atoms with Crippen LogP contribution in [0.1, 0.15) is 0 Å². The largest absolute Gasteiger partial charge is 0.206 e. The molecule has 3 rings (SSSR count). The summed E-state index contributed by atoms with van der Waals surface area (Å²) in [6, 6.07) is 4.03. The normalized spacial score (nSPS) is 11.2. The molecule has 0 radical (unpaired) electrons. The monoisotopic (exact) mass is 422 g/mol. The lowest BCUT2D eigenvalue weighted by atomic mass is 10.0. The average molecular weight is 424 g/mol. The van der Waals surface area contributed by atoms with Crippen molar-refractivity contribution >= 4 is 54.6 Å². The minimum absolute atomic E-state index is 0.0833. The number of nitrogens with zero attached hydrogens (tertiary/aromatic N) is 2. The number of fused-ring (bicyclic) bond motifs is 1. The van der Waals surface area contributed by atoms with Crippen LogP contribution in [0.15, 0.2) is 27.1 Å². The number of aromatic nitrogens is 2. The smallest absolute Gasteiger partial charge is 0.176 e. The summed E-state index contributed by atoms with van der Waals surface area (Å²) < 4.78 is 49.7. The molecule has 3 aromatic rings. The van der Waals surface area contributed by atoms with Crippen LogP contribution in [0.2, 0.25) is 0 Å². The molecule has 0 unspecified atom stereocenters. The first-order valence-electron chi connectivity index (χ1n) is 5.25. The molecule has 0 amide bonds. The Balaban J connectivity index is 2.41. The molecule has 20 heavy (non-hydrogen) atoms. The number of rotatable bonds is 1. The van der Waals surface area contributed by atoms with Gasteiger partial charge < -0.3 is 0 Å². The van der Waals surface area contributed by atoms with Crippen LogP contribution in [0, 0.1) is 17.5 Å². The highest BCUT2D eigenvalue weighted by molar-refractivity contribution is 9.11. The minimum atomic E-state index is -1.08. The van der Waals surface area contributed by atoms with E-state index in [-0.39, 0.29) is 31.1 Å². The third-order valence-electron chi connectivity index (χ3n) is 2.75. The maximum atomic E-state index is 14.2. The van der Waals surface area contributed by atoms with Gasteiger partial charge in [-0.2, -0.15) is 8.75 Å². The van der Waals surface area contributed by atoms with Gasteiger partial charge in [0.2, 0.25) is 0 Å². The van der Waals surface area contributed by atoms with E-state index >= 15 is 0 Å². The summed E-state index contributed by atoms with van der Waals surface area (Å²) in [6.45, 7) is 0. The first kappa shape index (κ1) is 14.0. The average Bonchev–Trinajstić information content (AvgIpc) is 2.89. The molecular weight excluding hydrogens is 421 g/mol. The van der Waals surface area contributed by atoms with Crippen molar-refractivity contribution in [2.75, 3.05) is 0 Å². The highest BCUT2D eigenvalue weighted by Gasteiger charge is 2.23. The Labute approximate surface area is 132 Å². The summed E-state index contributed by atoms with van der Waals surface area (Å²) in [4.78, 5) is 0. The van der Waals surface area contributed by atoms with Gasteiger partial charge in [0.25, 0.3) is 0 Å². The molecule has 2 nitrogen and oxygen atoms in total. The second-order valence-corrected chi connectivity index (χ2v) is 6.08. The van der Waals surface area contributed by atoms with Gasteiger partial charge in [-0.3, -0.25) is 0 Å². The van der Waals surface area contributed by atoms with Gasteiger partial charge in [0, 0.05) is 5.56 Å². The van der Waals surface area contributed by atoms with E-state index in [1.54, 1.807) is 0 Å². The Morgan fingerprint density at radius 3 is 2.35 bits per heavy atom. The van der Waals surface area contributed by atoms with Gasteiger partial charge in [0.1, 0.15) is 16.9 Å². The molecule has 0 aliphatic heterocycles. The lowest BCUT2D eigenvalue weighted by Gasteiger charge is -2.07. The third-order valence-corrected chi connectivity index (χ3v) is 4.64. The van der Waals surface area contributed by atoms with Crippen LogP contribution in [0.5, 0.6) is 0 Å². The van der Waals surface area contributed by atoms with Gasteiger partial charge in [0.05, 0.1) is 20.7 Å². The van der Waals surface area contributed by atoms with Crippen LogP contribution < -0.4 is 0 Å². The fourth-order valence-electron chi connectivity index (χ4n) is 1.83. The van der Waals surface area contributed by atoms with Crippen LogP contribution in [-0.4, -0.2) is 8.75 Å². The van der Waals surface area contributed by atoms with E-state index in [1.807, 2.05) is 0 Å². The fourth-order valence-corrected chi connectivity index (χ4v) is 3.20. The van der Waals surface area contributed by atoms with E-state index in [0.717, 1.165) is 17.8 Å². The van der Waals surface area contributed by atoms with E-state index in [9.17, 15) is 13.2 Å². The summed E-state index contributed by atoms with van der Waals surface area (Å²) >= 11 is 6.80. The van der Waals surface area contributed by atoms with Crippen molar-refractivity contribution in [3.05, 3.63) is 44.6 Å². The number of benzene rings is 2. The predicted molar refractivity (Wildman–Crippen MR) is 78.1 cm³/mol. The van der Waals surface area contributed by atoms with Crippen molar-refractivity contribution in [2.24, 2.45) is 0 Å². The highest BCUT2D eigenvalue weighted by atomic mass is 79.9. The Morgan fingerprint density at radius 1 is 0.950 bits per heavy atom. The van der Waals surface area contributed by atoms with Gasteiger partial charge in [-0.05, 0) is 49.6 Å². The van der Waals surface area contributed by atoms with Crippen LogP contribution in [0.4, 0.5) is 13.2 Å². The fraction of sp³-hybridized carbons (Fsp3) is 0. The van der Waals surface area contributed by atoms with Gasteiger partial charge in [-0.1, -0.05) is 6.07 Å². The molecule has 1 heterocycles. The molecule has 0 bridgehead atoms. The topological polar surface area (TPSA) is 25.8 Å². The van der Waals surface area contributed by atoms with Crippen LogP contribution in [-0.2, 0) is 0 Å². The summed E-state index contributed by atoms with van der Waals surface area (Å²) in [7, 11) is 0. The maximum Gasteiger partial charge on any atom is 0.176 e. The quantitative estimate of drug-likeness (QED) is 0.496. The van der Waals surface area contributed by atoms with Crippen LogP contribution in [0.25, 0.3) is 22.2 Å². The van der Waals surface area contributed by atoms with Crippen molar-refractivity contribution < 1.29 is 13.2 Å². The van der Waals surface area contributed by atoms with Gasteiger partial charge in [-0.15, -0.1) is 0 Å². The zero-order valence-electron chi connectivity index (χ0n) is 9.42. The van der Waals surface area contributed by atoms with Crippen LogP contribution >= 0.6 is 43.6 Å². The number of hydrogen-bond donors (Lipinski definition) is 0. The summed E-state index contributed by atoms with van der Waals surface area (Å²) in [6.07, 6.45) is 0.